The highest BCUT2D eigenvalue weighted by Crippen LogP contribution is 2.22. The van der Waals surface area contributed by atoms with Crippen molar-refractivity contribution in [2.75, 3.05) is 13.6 Å². The van der Waals surface area contributed by atoms with Crippen LogP contribution in [0.15, 0.2) is 24.3 Å². The summed E-state index contributed by atoms with van der Waals surface area (Å²) >= 11 is 0. The number of ketones is 1. The summed E-state index contributed by atoms with van der Waals surface area (Å²) in [4.78, 5) is 29.6. The number of nitrogens with one attached hydrogen (secondary N) is 2. The predicted octanol–water partition coefficient (Wildman–Crippen LogP) is 2.62. The molecule has 0 spiro atoms. The SMILES string of the molecule is CC(=O)c1[nH]c(C)c(C(=O)NC[C@H]2Cc3ccccc3CN2C)c1C. The van der Waals surface area contributed by atoms with Crippen LogP contribution in [0.1, 0.15) is 50.2 Å². The lowest BCUT2D eigenvalue weighted by atomic mass is 9.94. The Hall–Kier alpha value is -2.40. The molecule has 2 aromatic rings. The Balaban J connectivity index is 1.70. The Morgan fingerprint density at radius 2 is 1.92 bits per heavy atom. The van der Waals surface area contributed by atoms with Gasteiger partial charge < -0.3 is 10.3 Å². The first-order valence-electron chi connectivity index (χ1n) is 8.63. The molecule has 2 N–H and O–H groups in total. The van der Waals surface area contributed by atoms with Crippen LogP contribution in [0, 0.1) is 13.8 Å². The fraction of sp³-hybridized carbons (Fsp3) is 0.400. The van der Waals surface area contributed by atoms with Gasteiger partial charge in [0.1, 0.15) is 0 Å². The van der Waals surface area contributed by atoms with Gasteiger partial charge in [0.05, 0.1) is 11.3 Å². The molecule has 132 valence electrons. The topological polar surface area (TPSA) is 65.2 Å². The molecular formula is C20H25N3O2. The summed E-state index contributed by atoms with van der Waals surface area (Å²) in [6.07, 6.45) is 0.927. The Labute approximate surface area is 148 Å². The smallest absolute Gasteiger partial charge is 0.253 e. The van der Waals surface area contributed by atoms with Crippen LogP contribution in [0.4, 0.5) is 0 Å². The second kappa shape index (κ2) is 6.84. The highest BCUT2D eigenvalue weighted by Gasteiger charge is 2.25. The quantitative estimate of drug-likeness (QED) is 0.842. The first-order chi connectivity index (χ1) is 11.9. The largest absolute Gasteiger partial charge is 0.355 e. The molecule has 1 atom stereocenters. The molecule has 0 aliphatic carbocycles. The molecule has 1 aromatic heterocycles. The number of aromatic nitrogens is 1. The van der Waals surface area contributed by atoms with Crippen LogP contribution in [0.25, 0.3) is 0 Å². The van der Waals surface area contributed by atoms with E-state index >= 15 is 0 Å². The minimum absolute atomic E-state index is 0.0525. The van der Waals surface area contributed by atoms with Gasteiger partial charge in [-0.3, -0.25) is 14.5 Å². The molecule has 1 aliphatic rings. The molecular weight excluding hydrogens is 314 g/mol. The van der Waals surface area contributed by atoms with Gasteiger partial charge in [0.2, 0.25) is 0 Å². The van der Waals surface area contributed by atoms with Gasteiger partial charge in [-0.25, -0.2) is 0 Å². The second-order valence-electron chi connectivity index (χ2n) is 6.93. The summed E-state index contributed by atoms with van der Waals surface area (Å²) in [5.74, 6) is -0.172. The highest BCUT2D eigenvalue weighted by molar-refractivity contribution is 6.02. The zero-order valence-electron chi connectivity index (χ0n) is 15.3. The van der Waals surface area contributed by atoms with Crippen LogP contribution < -0.4 is 5.32 Å². The van der Waals surface area contributed by atoms with E-state index in [1.54, 1.807) is 0 Å². The van der Waals surface area contributed by atoms with E-state index in [9.17, 15) is 9.59 Å². The molecule has 0 radical (unpaired) electrons. The van der Waals surface area contributed by atoms with Crippen molar-refractivity contribution in [1.82, 2.24) is 15.2 Å². The van der Waals surface area contributed by atoms with Crippen LogP contribution in [0.2, 0.25) is 0 Å². The van der Waals surface area contributed by atoms with Crippen LogP contribution in [-0.4, -0.2) is 41.2 Å². The lowest BCUT2D eigenvalue weighted by Crippen LogP contribution is -2.45. The minimum atomic E-state index is -0.119. The number of hydrogen-bond acceptors (Lipinski definition) is 3. The molecule has 5 heteroatoms. The number of aryl methyl sites for hydroxylation is 1. The molecule has 25 heavy (non-hydrogen) atoms. The van der Waals surface area contributed by atoms with Crippen molar-refractivity contribution >= 4 is 11.7 Å². The predicted molar refractivity (Wildman–Crippen MR) is 98.0 cm³/mol. The summed E-state index contributed by atoms with van der Waals surface area (Å²) in [7, 11) is 2.09. The second-order valence-corrected chi connectivity index (χ2v) is 6.93. The van der Waals surface area contributed by atoms with Gasteiger partial charge in [0.25, 0.3) is 5.91 Å². The van der Waals surface area contributed by atoms with Crippen LogP contribution in [-0.2, 0) is 13.0 Å². The van der Waals surface area contributed by atoms with E-state index in [1.807, 2.05) is 13.8 Å². The molecule has 5 nitrogen and oxygen atoms in total. The summed E-state index contributed by atoms with van der Waals surface area (Å²) in [5, 5.41) is 3.05. The summed E-state index contributed by atoms with van der Waals surface area (Å²) < 4.78 is 0. The fourth-order valence-corrected chi connectivity index (χ4v) is 3.69. The van der Waals surface area contributed by atoms with Crippen LogP contribution in [0.3, 0.4) is 0 Å². The van der Waals surface area contributed by atoms with E-state index in [0.717, 1.165) is 24.2 Å². The lowest BCUT2D eigenvalue weighted by molar-refractivity contribution is 0.0933. The van der Waals surface area contributed by atoms with Crippen molar-refractivity contribution < 1.29 is 9.59 Å². The number of nitrogens with zero attached hydrogens (tertiary/aromatic N) is 1. The molecule has 0 saturated carbocycles. The summed E-state index contributed by atoms with van der Waals surface area (Å²) in [5.41, 5.74) is 5.28. The zero-order valence-corrected chi connectivity index (χ0v) is 15.3. The molecule has 1 aliphatic heterocycles. The van der Waals surface area contributed by atoms with E-state index in [2.05, 4.69) is 46.5 Å². The number of carbonyl (C=O) groups excluding carboxylic acids is 2. The monoisotopic (exact) mass is 339 g/mol. The molecule has 1 aromatic carbocycles. The number of rotatable bonds is 4. The molecule has 0 unspecified atom stereocenters. The fourth-order valence-electron chi connectivity index (χ4n) is 3.69. The van der Waals surface area contributed by atoms with E-state index in [1.165, 1.54) is 18.1 Å². The molecule has 1 amide bonds. The van der Waals surface area contributed by atoms with Gasteiger partial charge in [-0.1, -0.05) is 24.3 Å². The Kier molecular flexibility index (Phi) is 4.77. The number of Topliss-reactive ketones (excluding diaryl/α,β-unsaturated/α-hetero) is 1. The number of benzene rings is 1. The number of H-pyrrole nitrogens is 1. The van der Waals surface area contributed by atoms with E-state index in [-0.39, 0.29) is 17.7 Å². The van der Waals surface area contributed by atoms with E-state index in [0.29, 0.717) is 17.8 Å². The Bertz CT molecular complexity index is 822. The van der Waals surface area contributed by atoms with Gasteiger partial charge in [-0.2, -0.15) is 0 Å². The molecule has 0 fully saturated rings. The molecule has 3 rings (SSSR count). The van der Waals surface area contributed by atoms with Crippen molar-refractivity contribution in [3.05, 3.63) is 57.9 Å². The van der Waals surface area contributed by atoms with E-state index < -0.39 is 0 Å². The molecule has 0 bridgehead atoms. The normalized spacial score (nSPS) is 17.2. The van der Waals surface area contributed by atoms with Crippen molar-refractivity contribution in [2.24, 2.45) is 0 Å². The number of amides is 1. The first kappa shape index (κ1) is 17.4. The third-order valence-electron chi connectivity index (χ3n) is 5.13. The zero-order chi connectivity index (χ0) is 18.1. The average Bonchev–Trinajstić information content (AvgIpc) is 2.87. The van der Waals surface area contributed by atoms with Crippen molar-refractivity contribution in [3.63, 3.8) is 0 Å². The third kappa shape index (κ3) is 3.37. The maximum atomic E-state index is 12.7. The summed E-state index contributed by atoms with van der Waals surface area (Å²) in [6.45, 7) is 6.64. The first-order valence-corrected chi connectivity index (χ1v) is 8.63. The Morgan fingerprint density at radius 1 is 1.24 bits per heavy atom. The maximum absolute atomic E-state index is 12.7. The minimum Gasteiger partial charge on any atom is -0.355 e. The van der Waals surface area contributed by atoms with Crippen molar-refractivity contribution in [2.45, 2.75) is 39.8 Å². The van der Waals surface area contributed by atoms with Crippen LogP contribution in [0.5, 0.6) is 0 Å². The van der Waals surface area contributed by atoms with Gasteiger partial charge >= 0.3 is 0 Å². The molecule has 2 heterocycles. The van der Waals surface area contributed by atoms with Crippen molar-refractivity contribution in [1.29, 1.82) is 0 Å². The van der Waals surface area contributed by atoms with Gasteiger partial charge in [0, 0.05) is 31.7 Å². The van der Waals surface area contributed by atoms with Crippen molar-refractivity contribution in [3.8, 4) is 0 Å². The lowest BCUT2D eigenvalue weighted by Gasteiger charge is -2.34. The third-order valence-corrected chi connectivity index (χ3v) is 5.13. The maximum Gasteiger partial charge on any atom is 0.253 e. The number of aromatic amines is 1. The number of carbonyl (C=O) groups is 2. The van der Waals surface area contributed by atoms with E-state index in [4.69, 9.17) is 0 Å². The number of hydrogen-bond donors (Lipinski definition) is 2. The van der Waals surface area contributed by atoms with Crippen LogP contribution >= 0.6 is 0 Å². The number of fused-ring (bicyclic) bond motifs is 1. The summed E-state index contributed by atoms with van der Waals surface area (Å²) in [6, 6.07) is 8.73. The van der Waals surface area contributed by atoms with Gasteiger partial charge in [0.15, 0.2) is 5.78 Å². The standard InChI is InChI=1S/C20H25N3O2/c1-12-18(13(2)22-19(12)14(3)24)20(25)21-10-17-9-15-7-5-6-8-16(15)11-23(17)4/h5-8,17,22H,9-11H2,1-4H3,(H,21,25)/t17-/m1/s1. The number of likely N-dealkylation sites (N-methyl/N-ethyl adjacent to an activating group) is 1. The molecule has 0 saturated heterocycles. The van der Waals surface area contributed by atoms with Gasteiger partial charge in [-0.15, -0.1) is 0 Å². The highest BCUT2D eigenvalue weighted by atomic mass is 16.1. The average molecular weight is 339 g/mol. The Morgan fingerprint density at radius 3 is 2.56 bits per heavy atom. The van der Waals surface area contributed by atoms with Gasteiger partial charge in [-0.05, 0) is 44.0 Å².